The molecular weight excluding hydrogens is 320 g/mol. The van der Waals surface area contributed by atoms with Gasteiger partial charge in [-0.1, -0.05) is 67.1 Å². The number of carbonyl (C=O) groups is 1. The van der Waals surface area contributed by atoms with Crippen LogP contribution in [0.1, 0.15) is 39.8 Å². The smallest absolute Gasteiger partial charge is 0.251 e. The quantitative estimate of drug-likeness (QED) is 0.692. The molecule has 0 aliphatic rings. The number of primary amides is 1. The Kier molecular flexibility index (Phi) is 5.27. The summed E-state index contributed by atoms with van der Waals surface area (Å²) in [6, 6.07) is 18.8. The first-order chi connectivity index (χ1) is 12.5. The lowest BCUT2D eigenvalue weighted by atomic mass is 9.98. The van der Waals surface area contributed by atoms with Crippen LogP contribution >= 0.6 is 0 Å². The molecule has 2 aromatic carbocycles. The molecule has 1 aromatic heterocycles. The third kappa shape index (κ3) is 3.43. The molecule has 26 heavy (non-hydrogen) atoms. The summed E-state index contributed by atoms with van der Waals surface area (Å²) in [6.45, 7) is 7.04. The molecule has 1 heterocycles. The minimum atomic E-state index is -0.355. The van der Waals surface area contributed by atoms with Gasteiger partial charge in [-0.05, 0) is 37.8 Å². The maximum atomic E-state index is 12.2. The lowest BCUT2D eigenvalue weighted by Crippen LogP contribution is -2.13. The fourth-order valence-corrected chi connectivity index (χ4v) is 3.69. The average molecular weight is 346 g/mol. The highest BCUT2D eigenvalue weighted by atomic mass is 16.1. The molecule has 0 atom stereocenters. The number of benzene rings is 2. The monoisotopic (exact) mass is 346 g/mol. The van der Waals surface area contributed by atoms with E-state index in [-0.39, 0.29) is 5.91 Å². The summed E-state index contributed by atoms with van der Waals surface area (Å²) >= 11 is 0. The average Bonchev–Trinajstić information content (AvgIpc) is 2.93. The number of aromatic nitrogens is 1. The van der Waals surface area contributed by atoms with Gasteiger partial charge in [0.15, 0.2) is 0 Å². The maximum absolute atomic E-state index is 12.2. The van der Waals surface area contributed by atoms with E-state index in [0.29, 0.717) is 5.56 Å². The van der Waals surface area contributed by atoms with E-state index in [1.807, 2.05) is 13.0 Å². The second-order valence-electron chi connectivity index (χ2n) is 6.75. The van der Waals surface area contributed by atoms with Gasteiger partial charge in [0, 0.05) is 23.5 Å². The molecule has 3 heteroatoms. The molecule has 3 rings (SSSR count). The molecule has 3 nitrogen and oxygen atoms in total. The molecule has 0 saturated carbocycles. The Hall–Kier alpha value is -2.81. The Morgan fingerprint density at radius 3 is 2.23 bits per heavy atom. The van der Waals surface area contributed by atoms with Crippen LogP contribution in [0.5, 0.6) is 0 Å². The maximum Gasteiger partial charge on any atom is 0.251 e. The standard InChI is InChI=1S/C23H26N2O/c1-4-20-22(19-12-10-16(2)11-13-19)21(23(24)26)17(3)25(20)15-14-18-8-6-5-7-9-18/h5-13H,4,14-15H2,1-3H3,(H2,24,26). The van der Waals surface area contributed by atoms with Crippen LogP contribution in [0.15, 0.2) is 54.6 Å². The molecule has 0 radical (unpaired) electrons. The van der Waals surface area contributed by atoms with Crippen LogP contribution in [-0.2, 0) is 19.4 Å². The Labute approximate surface area is 155 Å². The molecular formula is C23H26N2O. The van der Waals surface area contributed by atoms with Crippen molar-refractivity contribution in [1.29, 1.82) is 0 Å². The van der Waals surface area contributed by atoms with Crippen molar-refractivity contribution in [3.63, 3.8) is 0 Å². The number of hydrogen-bond donors (Lipinski definition) is 1. The number of carbonyl (C=O) groups excluding carboxylic acids is 1. The number of nitrogens with zero attached hydrogens (tertiary/aromatic N) is 1. The molecule has 0 bridgehead atoms. The number of aryl methyl sites for hydroxylation is 2. The van der Waals surface area contributed by atoms with E-state index < -0.39 is 0 Å². The number of rotatable bonds is 6. The Bertz CT molecular complexity index is 906. The summed E-state index contributed by atoms with van der Waals surface area (Å²) in [4.78, 5) is 12.2. The summed E-state index contributed by atoms with van der Waals surface area (Å²) < 4.78 is 2.27. The van der Waals surface area contributed by atoms with Gasteiger partial charge in [0.1, 0.15) is 0 Å². The van der Waals surface area contributed by atoms with Crippen LogP contribution in [0, 0.1) is 13.8 Å². The van der Waals surface area contributed by atoms with Crippen LogP contribution in [0.3, 0.4) is 0 Å². The predicted octanol–water partition coefficient (Wildman–Crippen LogP) is 4.68. The third-order valence-corrected chi connectivity index (χ3v) is 5.02. The Balaban J connectivity index is 2.08. The molecule has 0 unspecified atom stereocenters. The Morgan fingerprint density at radius 2 is 1.65 bits per heavy atom. The number of amides is 1. The topological polar surface area (TPSA) is 48.0 Å². The van der Waals surface area contributed by atoms with Gasteiger partial charge < -0.3 is 10.3 Å². The van der Waals surface area contributed by atoms with Crippen molar-refractivity contribution in [2.45, 2.75) is 40.2 Å². The molecule has 2 N–H and O–H groups in total. The van der Waals surface area contributed by atoms with E-state index in [9.17, 15) is 4.79 Å². The van der Waals surface area contributed by atoms with Crippen LogP contribution in [0.25, 0.3) is 11.1 Å². The van der Waals surface area contributed by atoms with E-state index in [0.717, 1.165) is 36.2 Å². The fraction of sp³-hybridized carbons (Fsp3) is 0.261. The zero-order chi connectivity index (χ0) is 18.7. The minimum absolute atomic E-state index is 0.355. The molecule has 1 amide bonds. The van der Waals surface area contributed by atoms with Gasteiger partial charge in [-0.15, -0.1) is 0 Å². The largest absolute Gasteiger partial charge is 0.366 e. The summed E-state index contributed by atoms with van der Waals surface area (Å²) in [5.41, 5.74) is 13.1. The first-order valence-electron chi connectivity index (χ1n) is 9.15. The Morgan fingerprint density at radius 1 is 1.00 bits per heavy atom. The first-order valence-corrected chi connectivity index (χ1v) is 9.15. The van der Waals surface area contributed by atoms with E-state index in [4.69, 9.17) is 5.73 Å². The van der Waals surface area contributed by atoms with Crippen LogP contribution in [0.4, 0.5) is 0 Å². The van der Waals surface area contributed by atoms with Crippen LogP contribution < -0.4 is 5.73 Å². The van der Waals surface area contributed by atoms with Crippen molar-refractivity contribution >= 4 is 5.91 Å². The lowest BCUT2D eigenvalue weighted by molar-refractivity contribution is 0.1000. The van der Waals surface area contributed by atoms with Crippen molar-refractivity contribution in [2.75, 3.05) is 0 Å². The summed E-state index contributed by atoms with van der Waals surface area (Å²) in [5.74, 6) is -0.355. The summed E-state index contributed by atoms with van der Waals surface area (Å²) in [6.07, 6.45) is 1.78. The highest BCUT2D eigenvalue weighted by Crippen LogP contribution is 2.33. The summed E-state index contributed by atoms with van der Waals surface area (Å²) in [7, 11) is 0. The molecule has 0 fully saturated rings. The van der Waals surface area contributed by atoms with Crippen LogP contribution in [-0.4, -0.2) is 10.5 Å². The van der Waals surface area contributed by atoms with Crippen molar-refractivity contribution in [3.05, 3.63) is 82.7 Å². The van der Waals surface area contributed by atoms with Gasteiger partial charge in [0.05, 0.1) is 5.56 Å². The predicted molar refractivity (Wildman–Crippen MR) is 107 cm³/mol. The highest BCUT2D eigenvalue weighted by Gasteiger charge is 2.23. The summed E-state index contributed by atoms with van der Waals surface area (Å²) in [5, 5.41) is 0. The normalized spacial score (nSPS) is 10.9. The molecule has 0 spiro atoms. The van der Waals surface area contributed by atoms with Crippen molar-refractivity contribution in [3.8, 4) is 11.1 Å². The van der Waals surface area contributed by atoms with Gasteiger partial charge in [0.25, 0.3) is 5.91 Å². The van der Waals surface area contributed by atoms with E-state index in [2.05, 4.69) is 66.9 Å². The first kappa shape index (κ1) is 18.0. The number of nitrogens with two attached hydrogens (primary N) is 1. The van der Waals surface area contributed by atoms with Crippen molar-refractivity contribution < 1.29 is 4.79 Å². The van der Waals surface area contributed by atoms with Crippen LogP contribution in [0.2, 0.25) is 0 Å². The van der Waals surface area contributed by atoms with Gasteiger partial charge in [-0.2, -0.15) is 0 Å². The number of hydrogen-bond acceptors (Lipinski definition) is 1. The second-order valence-corrected chi connectivity index (χ2v) is 6.75. The molecule has 0 aliphatic carbocycles. The molecule has 134 valence electrons. The lowest BCUT2D eigenvalue weighted by Gasteiger charge is -2.12. The van der Waals surface area contributed by atoms with Gasteiger partial charge in [-0.25, -0.2) is 0 Å². The molecule has 0 aliphatic heterocycles. The third-order valence-electron chi connectivity index (χ3n) is 5.02. The fourth-order valence-electron chi connectivity index (χ4n) is 3.69. The minimum Gasteiger partial charge on any atom is -0.366 e. The second kappa shape index (κ2) is 7.61. The van der Waals surface area contributed by atoms with Crippen molar-refractivity contribution in [2.24, 2.45) is 5.73 Å². The molecule has 0 saturated heterocycles. The van der Waals surface area contributed by atoms with Gasteiger partial charge >= 0.3 is 0 Å². The van der Waals surface area contributed by atoms with Gasteiger partial charge in [-0.3, -0.25) is 4.79 Å². The SMILES string of the molecule is CCc1c(-c2ccc(C)cc2)c(C(N)=O)c(C)n1CCc1ccccc1. The van der Waals surface area contributed by atoms with E-state index >= 15 is 0 Å². The van der Waals surface area contributed by atoms with Gasteiger partial charge in [0.2, 0.25) is 0 Å². The zero-order valence-electron chi connectivity index (χ0n) is 15.8. The van der Waals surface area contributed by atoms with E-state index in [1.54, 1.807) is 0 Å². The highest BCUT2D eigenvalue weighted by molar-refractivity contribution is 6.02. The zero-order valence-corrected chi connectivity index (χ0v) is 15.8. The molecule has 3 aromatic rings. The van der Waals surface area contributed by atoms with E-state index in [1.165, 1.54) is 16.8 Å². The van der Waals surface area contributed by atoms with Crippen molar-refractivity contribution in [1.82, 2.24) is 4.57 Å².